The lowest BCUT2D eigenvalue weighted by atomic mass is 10.2. The number of anilines is 1. The number of nitrogens with zero attached hydrogens (tertiary/aromatic N) is 3. The molecular formula is C20H23N5O3S. The number of rotatable bonds is 6. The highest BCUT2D eigenvalue weighted by Crippen LogP contribution is 2.33. The van der Waals surface area contributed by atoms with E-state index in [-0.39, 0.29) is 17.3 Å². The molecule has 2 heterocycles. The van der Waals surface area contributed by atoms with Gasteiger partial charge in [-0.05, 0) is 49.2 Å². The molecule has 1 aliphatic rings. The molecule has 0 saturated heterocycles. The molecular weight excluding hydrogens is 390 g/mol. The summed E-state index contributed by atoms with van der Waals surface area (Å²) >= 11 is 0. The van der Waals surface area contributed by atoms with Gasteiger partial charge in [-0.25, -0.2) is 23.1 Å². The molecule has 8 nitrogen and oxygen atoms in total. The Morgan fingerprint density at radius 3 is 2.59 bits per heavy atom. The molecule has 0 spiro atoms. The second kappa shape index (κ2) is 7.92. The summed E-state index contributed by atoms with van der Waals surface area (Å²) in [5.41, 5.74) is 2.12. The normalized spacial score (nSPS) is 15.1. The number of pyridine rings is 1. The molecule has 1 aliphatic carbocycles. The zero-order chi connectivity index (χ0) is 20.4. The highest BCUT2D eigenvalue weighted by molar-refractivity contribution is 7.89. The standard InChI is InChI=1S/C20H23N5O3S/c1-14(26)23-15-8-10-17(11-9-15)29(27,28)22-13-19-24-18-7-4-12-21-20(18)25(19)16-5-2-3-6-16/h4,7-12,16,22H,2-3,5-6,13H2,1H3,(H,23,26). The minimum absolute atomic E-state index is 0.0860. The number of imidazole rings is 1. The summed E-state index contributed by atoms with van der Waals surface area (Å²) in [5, 5.41) is 2.62. The van der Waals surface area contributed by atoms with Crippen LogP contribution in [0.3, 0.4) is 0 Å². The first kappa shape index (κ1) is 19.5. The lowest BCUT2D eigenvalue weighted by molar-refractivity contribution is -0.114. The van der Waals surface area contributed by atoms with Crippen LogP contribution in [-0.4, -0.2) is 28.9 Å². The van der Waals surface area contributed by atoms with Crippen LogP contribution in [0.25, 0.3) is 11.2 Å². The molecule has 0 atom stereocenters. The molecule has 2 aromatic heterocycles. The average molecular weight is 414 g/mol. The number of fused-ring (bicyclic) bond motifs is 1. The van der Waals surface area contributed by atoms with Crippen molar-refractivity contribution in [2.24, 2.45) is 0 Å². The van der Waals surface area contributed by atoms with Gasteiger partial charge in [-0.2, -0.15) is 0 Å². The summed E-state index contributed by atoms with van der Waals surface area (Å²) in [5.74, 6) is 0.460. The summed E-state index contributed by atoms with van der Waals surface area (Å²) < 4.78 is 30.2. The predicted molar refractivity (Wildman–Crippen MR) is 110 cm³/mol. The third kappa shape index (κ3) is 4.15. The number of amides is 1. The maximum absolute atomic E-state index is 12.7. The van der Waals surface area contributed by atoms with E-state index in [1.807, 2.05) is 12.1 Å². The molecule has 4 rings (SSSR count). The largest absolute Gasteiger partial charge is 0.326 e. The lowest BCUT2D eigenvalue weighted by Gasteiger charge is -2.16. The van der Waals surface area contributed by atoms with Gasteiger partial charge in [-0.15, -0.1) is 0 Å². The van der Waals surface area contributed by atoms with Crippen molar-refractivity contribution in [2.75, 3.05) is 5.32 Å². The molecule has 1 fully saturated rings. The van der Waals surface area contributed by atoms with E-state index in [1.165, 1.54) is 19.1 Å². The van der Waals surface area contributed by atoms with Crippen LogP contribution in [0.1, 0.15) is 44.5 Å². The lowest BCUT2D eigenvalue weighted by Crippen LogP contribution is -2.25. The topological polar surface area (TPSA) is 106 Å². The molecule has 0 radical (unpaired) electrons. The number of benzene rings is 1. The average Bonchev–Trinajstić information content (AvgIpc) is 3.33. The fourth-order valence-electron chi connectivity index (χ4n) is 3.81. The van der Waals surface area contributed by atoms with Crippen molar-refractivity contribution in [3.8, 4) is 0 Å². The fraction of sp³-hybridized carbons (Fsp3) is 0.350. The summed E-state index contributed by atoms with van der Waals surface area (Å²) in [6, 6.07) is 10.1. The minimum atomic E-state index is -3.72. The van der Waals surface area contributed by atoms with E-state index in [4.69, 9.17) is 0 Å². The van der Waals surface area contributed by atoms with Gasteiger partial charge < -0.3 is 9.88 Å². The van der Waals surface area contributed by atoms with E-state index in [1.54, 1.807) is 18.3 Å². The van der Waals surface area contributed by atoms with E-state index >= 15 is 0 Å². The number of hydrogen-bond acceptors (Lipinski definition) is 5. The van der Waals surface area contributed by atoms with Crippen molar-refractivity contribution in [3.05, 3.63) is 48.4 Å². The SMILES string of the molecule is CC(=O)Nc1ccc(S(=O)(=O)NCc2nc3cccnc3n2C2CCCC2)cc1. The smallest absolute Gasteiger partial charge is 0.240 e. The zero-order valence-electron chi connectivity index (χ0n) is 16.1. The Bertz CT molecular complexity index is 1130. The minimum Gasteiger partial charge on any atom is -0.326 e. The van der Waals surface area contributed by atoms with Crippen LogP contribution in [0, 0.1) is 0 Å². The van der Waals surface area contributed by atoms with Gasteiger partial charge in [0.05, 0.1) is 11.4 Å². The Morgan fingerprint density at radius 2 is 1.90 bits per heavy atom. The Balaban J connectivity index is 1.57. The molecule has 29 heavy (non-hydrogen) atoms. The second-order valence-electron chi connectivity index (χ2n) is 7.21. The molecule has 1 amide bonds. The molecule has 0 unspecified atom stereocenters. The summed E-state index contributed by atoms with van der Waals surface area (Å²) in [7, 11) is -3.72. The first-order valence-electron chi connectivity index (χ1n) is 9.63. The maximum Gasteiger partial charge on any atom is 0.240 e. The number of aromatic nitrogens is 3. The van der Waals surface area contributed by atoms with Crippen LogP contribution in [0.5, 0.6) is 0 Å². The maximum atomic E-state index is 12.7. The molecule has 0 aliphatic heterocycles. The van der Waals surface area contributed by atoms with Gasteiger partial charge in [0.1, 0.15) is 11.3 Å². The molecule has 0 bridgehead atoms. The number of hydrogen-bond donors (Lipinski definition) is 2. The molecule has 9 heteroatoms. The van der Waals surface area contributed by atoms with Gasteiger partial charge in [-0.1, -0.05) is 12.8 Å². The van der Waals surface area contributed by atoms with E-state index in [0.29, 0.717) is 17.6 Å². The van der Waals surface area contributed by atoms with Crippen molar-refractivity contribution in [1.82, 2.24) is 19.3 Å². The van der Waals surface area contributed by atoms with E-state index in [9.17, 15) is 13.2 Å². The number of carbonyl (C=O) groups excluding carboxylic acids is 1. The molecule has 1 saturated carbocycles. The van der Waals surface area contributed by atoms with Crippen LogP contribution in [0.15, 0.2) is 47.5 Å². The molecule has 152 valence electrons. The van der Waals surface area contributed by atoms with Gasteiger partial charge in [0.15, 0.2) is 5.65 Å². The van der Waals surface area contributed by atoms with Crippen LogP contribution < -0.4 is 10.0 Å². The molecule has 3 aromatic rings. The van der Waals surface area contributed by atoms with Crippen LogP contribution in [-0.2, 0) is 21.4 Å². The van der Waals surface area contributed by atoms with Crippen LogP contribution in [0.4, 0.5) is 5.69 Å². The fourth-order valence-corrected chi connectivity index (χ4v) is 4.79. The second-order valence-corrected chi connectivity index (χ2v) is 8.98. The van der Waals surface area contributed by atoms with Crippen LogP contribution >= 0.6 is 0 Å². The van der Waals surface area contributed by atoms with Gasteiger partial charge >= 0.3 is 0 Å². The monoisotopic (exact) mass is 413 g/mol. The quantitative estimate of drug-likeness (QED) is 0.646. The van der Waals surface area contributed by atoms with E-state index in [0.717, 1.165) is 36.8 Å². The van der Waals surface area contributed by atoms with E-state index < -0.39 is 10.0 Å². The zero-order valence-corrected chi connectivity index (χ0v) is 16.9. The Hall–Kier alpha value is -2.78. The van der Waals surface area contributed by atoms with Gasteiger partial charge in [0, 0.05) is 24.8 Å². The summed E-state index contributed by atoms with van der Waals surface area (Å²) in [6.45, 7) is 1.49. The number of nitrogens with one attached hydrogen (secondary N) is 2. The number of sulfonamides is 1. The first-order valence-corrected chi connectivity index (χ1v) is 11.1. The Kier molecular flexibility index (Phi) is 5.33. The number of carbonyl (C=O) groups is 1. The Morgan fingerprint density at radius 1 is 1.17 bits per heavy atom. The third-order valence-corrected chi connectivity index (χ3v) is 6.53. The highest BCUT2D eigenvalue weighted by Gasteiger charge is 2.24. The predicted octanol–water partition coefficient (Wildman–Crippen LogP) is 2.98. The van der Waals surface area contributed by atoms with Gasteiger partial charge in [-0.3, -0.25) is 4.79 Å². The van der Waals surface area contributed by atoms with Crippen molar-refractivity contribution >= 4 is 32.8 Å². The van der Waals surface area contributed by atoms with Crippen molar-refractivity contribution in [3.63, 3.8) is 0 Å². The van der Waals surface area contributed by atoms with E-state index in [2.05, 4.69) is 24.6 Å². The van der Waals surface area contributed by atoms with Crippen molar-refractivity contribution in [1.29, 1.82) is 0 Å². The van der Waals surface area contributed by atoms with Gasteiger partial charge in [0.25, 0.3) is 0 Å². The summed E-state index contributed by atoms with van der Waals surface area (Å²) in [4.78, 5) is 20.3. The van der Waals surface area contributed by atoms with Crippen molar-refractivity contribution in [2.45, 2.75) is 50.1 Å². The molecule has 1 aromatic carbocycles. The van der Waals surface area contributed by atoms with Crippen molar-refractivity contribution < 1.29 is 13.2 Å². The Labute approximate surface area is 169 Å². The first-order chi connectivity index (χ1) is 13.9. The highest BCUT2D eigenvalue weighted by atomic mass is 32.2. The third-order valence-electron chi connectivity index (χ3n) is 5.12. The summed E-state index contributed by atoms with van der Waals surface area (Å²) in [6.07, 6.45) is 6.14. The van der Waals surface area contributed by atoms with Crippen LogP contribution in [0.2, 0.25) is 0 Å². The molecule has 2 N–H and O–H groups in total. The van der Waals surface area contributed by atoms with Gasteiger partial charge in [0.2, 0.25) is 15.9 Å².